The van der Waals surface area contributed by atoms with Gasteiger partial charge in [0.2, 0.25) is 0 Å². The topological polar surface area (TPSA) is 12.2 Å². The molecular formula is C31H32NO+. The van der Waals surface area contributed by atoms with Gasteiger partial charge in [0.15, 0.2) is 5.71 Å². The van der Waals surface area contributed by atoms with Crippen molar-refractivity contribution < 1.29 is 9.31 Å². The Kier molecular flexibility index (Phi) is 6.46. The van der Waals surface area contributed by atoms with Crippen molar-refractivity contribution in [2.24, 2.45) is 0 Å². The molecule has 0 bridgehead atoms. The van der Waals surface area contributed by atoms with Crippen LogP contribution in [0.2, 0.25) is 0 Å². The summed E-state index contributed by atoms with van der Waals surface area (Å²) in [4.78, 5) is 0. The summed E-state index contributed by atoms with van der Waals surface area (Å²) in [7, 11) is 4.10. The Morgan fingerprint density at radius 2 is 1.27 bits per heavy atom. The van der Waals surface area contributed by atoms with Crippen LogP contribution >= 0.6 is 0 Å². The normalized spacial score (nSPS) is 16.5. The maximum atomic E-state index is 6.36. The van der Waals surface area contributed by atoms with E-state index in [0.717, 1.165) is 28.2 Å². The lowest BCUT2D eigenvalue weighted by Crippen LogP contribution is -2.09. The van der Waals surface area contributed by atoms with E-state index in [1.165, 1.54) is 33.5 Å². The molecule has 2 aliphatic rings. The van der Waals surface area contributed by atoms with Gasteiger partial charge in [-0.1, -0.05) is 36.4 Å². The van der Waals surface area contributed by atoms with Gasteiger partial charge in [-0.25, -0.2) is 4.58 Å². The highest BCUT2D eigenvalue weighted by atomic mass is 16.5. The summed E-state index contributed by atoms with van der Waals surface area (Å²) < 4.78 is 8.47. The van der Waals surface area contributed by atoms with Crippen LogP contribution in [0.1, 0.15) is 33.4 Å². The zero-order valence-electron chi connectivity index (χ0n) is 20.4. The van der Waals surface area contributed by atoms with Crippen molar-refractivity contribution >= 4 is 17.0 Å². The van der Waals surface area contributed by atoms with E-state index < -0.39 is 0 Å². The summed E-state index contributed by atoms with van der Waals surface area (Å²) in [5, 5.41) is 0. The second kappa shape index (κ2) is 9.46. The highest BCUT2D eigenvalue weighted by Crippen LogP contribution is 2.33. The maximum Gasteiger partial charge on any atom is 0.199 e. The number of rotatable bonds is 3. The van der Waals surface area contributed by atoms with E-state index >= 15 is 0 Å². The van der Waals surface area contributed by atoms with Gasteiger partial charge in [0.05, 0.1) is 0 Å². The molecule has 1 aliphatic carbocycles. The Labute approximate surface area is 197 Å². The number of allylic oxidation sites excluding steroid dienone is 10. The predicted molar refractivity (Wildman–Crippen MR) is 140 cm³/mol. The van der Waals surface area contributed by atoms with E-state index in [4.69, 9.17) is 4.74 Å². The number of benzene rings is 2. The summed E-state index contributed by atoms with van der Waals surface area (Å²) in [6.45, 7) is 8.59. The van der Waals surface area contributed by atoms with Crippen molar-refractivity contribution in [2.75, 3.05) is 14.1 Å². The predicted octanol–water partition coefficient (Wildman–Crippen LogP) is 7.02. The molecule has 2 aromatic rings. The lowest BCUT2D eigenvalue weighted by Gasteiger charge is -2.19. The molecule has 0 aromatic heterocycles. The summed E-state index contributed by atoms with van der Waals surface area (Å²) in [6.07, 6.45) is 16.9. The van der Waals surface area contributed by atoms with Crippen molar-refractivity contribution in [3.63, 3.8) is 0 Å². The Morgan fingerprint density at radius 1 is 0.667 bits per heavy atom. The zero-order valence-corrected chi connectivity index (χ0v) is 20.4. The van der Waals surface area contributed by atoms with Crippen LogP contribution in [0, 0.1) is 27.7 Å². The third-order valence-corrected chi connectivity index (χ3v) is 6.29. The second-order valence-electron chi connectivity index (χ2n) is 9.03. The smallest absolute Gasteiger partial charge is 0.199 e. The van der Waals surface area contributed by atoms with Gasteiger partial charge in [0.1, 0.15) is 25.6 Å². The van der Waals surface area contributed by atoms with E-state index in [9.17, 15) is 0 Å². The number of ether oxygens (including phenoxy) is 1. The van der Waals surface area contributed by atoms with Gasteiger partial charge in [-0.3, -0.25) is 0 Å². The molecule has 0 spiro atoms. The lowest BCUT2D eigenvalue weighted by atomic mass is 9.96. The van der Waals surface area contributed by atoms with Crippen LogP contribution < -0.4 is 0 Å². The number of hydrogen-bond acceptors (Lipinski definition) is 1. The van der Waals surface area contributed by atoms with E-state index in [-0.39, 0.29) is 0 Å². The van der Waals surface area contributed by atoms with E-state index in [0.29, 0.717) is 0 Å². The zero-order chi connectivity index (χ0) is 23.5. The first kappa shape index (κ1) is 22.5. The minimum absolute atomic E-state index is 0.829. The molecule has 2 nitrogen and oxygen atoms in total. The third-order valence-electron chi connectivity index (χ3n) is 6.29. The molecule has 0 fully saturated rings. The first-order chi connectivity index (χ1) is 15.8. The maximum absolute atomic E-state index is 6.36. The summed E-state index contributed by atoms with van der Waals surface area (Å²) in [6, 6.07) is 13.1. The van der Waals surface area contributed by atoms with Gasteiger partial charge in [-0.05, 0) is 103 Å². The number of nitrogens with zero attached hydrogens (tertiary/aromatic N) is 1. The second-order valence-corrected chi connectivity index (χ2v) is 9.03. The molecule has 0 radical (unpaired) electrons. The lowest BCUT2D eigenvalue weighted by molar-refractivity contribution is -0.462. The van der Waals surface area contributed by atoms with E-state index in [2.05, 4.69) is 131 Å². The van der Waals surface area contributed by atoms with Crippen LogP contribution in [0.25, 0.3) is 11.3 Å². The van der Waals surface area contributed by atoms with Crippen LogP contribution in [-0.4, -0.2) is 24.4 Å². The van der Waals surface area contributed by atoms with E-state index in [1.54, 1.807) is 0 Å². The Balaban J connectivity index is 1.73. The Morgan fingerprint density at radius 3 is 1.88 bits per heavy atom. The van der Waals surface area contributed by atoms with Crippen molar-refractivity contribution in [3.8, 4) is 0 Å². The van der Waals surface area contributed by atoms with Crippen LogP contribution in [-0.2, 0) is 4.74 Å². The van der Waals surface area contributed by atoms with Gasteiger partial charge in [-0.2, -0.15) is 0 Å². The molecule has 0 amide bonds. The average molecular weight is 435 g/mol. The van der Waals surface area contributed by atoms with E-state index in [1.807, 2.05) is 0 Å². The molecule has 0 saturated carbocycles. The molecule has 1 aliphatic heterocycles. The highest BCUT2D eigenvalue weighted by molar-refractivity contribution is 6.02. The van der Waals surface area contributed by atoms with Crippen molar-refractivity contribution in [1.29, 1.82) is 0 Å². The SMILES string of the molecule is Cc1ccc(C2=C/C(=C\C=C3C=CC(=[N+](C)C)C=C3)OC(c3ccc(C)c(C)c3)=C2)cc1C. The van der Waals surface area contributed by atoms with Crippen LogP contribution in [0.3, 0.4) is 0 Å². The van der Waals surface area contributed by atoms with Gasteiger partial charge in [0, 0.05) is 17.7 Å². The average Bonchev–Trinajstić information content (AvgIpc) is 2.81. The molecule has 4 rings (SSSR count). The Bertz CT molecular complexity index is 1300. The first-order valence-corrected chi connectivity index (χ1v) is 11.4. The highest BCUT2D eigenvalue weighted by Gasteiger charge is 2.15. The first-order valence-electron chi connectivity index (χ1n) is 11.4. The van der Waals surface area contributed by atoms with Crippen LogP contribution in [0.15, 0.2) is 96.3 Å². The minimum Gasteiger partial charge on any atom is -0.457 e. The number of hydrogen-bond donors (Lipinski definition) is 0. The van der Waals surface area contributed by atoms with Crippen molar-refractivity contribution in [3.05, 3.63) is 130 Å². The van der Waals surface area contributed by atoms with Crippen molar-refractivity contribution in [1.82, 2.24) is 0 Å². The minimum atomic E-state index is 0.829. The number of aryl methyl sites for hydroxylation is 4. The molecule has 0 atom stereocenters. The molecule has 2 aromatic carbocycles. The summed E-state index contributed by atoms with van der Waals surface area (Å²) in [5.41, 5.74) is 10.9. The van der Waals surface area contributed by atoms with Gasteiger partial charge >= 0.3 is 0 Å². The van der Waals surface area contributed by atoms with Crippen molar-refractivity contribution in [2.45, 2.75) is 27.7 Å². The monoisotopic (exact) mass is 434 g/mol. The molecule has 166 valence electrons. The van der Waals surface area contributed by atoms with Crippen LogP contribution in [0.4, 0.5) is 0 Å². The summed E-state index contributed by atoms with van der Waals surface area (Å²) >= 11 is 0. The molecule has 2 heteroatoms. The fourth-order valence-corrected chi connectivity index (χ4v) is 3.79. The molecule has 1 heterocycles. The largest absolute Gasteiger partial charge is 0.457 e. The molecule has 0 unspecified atom stereocenters. The van der Waals surface area contributed by atoms with Gasteiger partial charge in [0.25, 0.3) is 0 Å². The summed E-state index contributed by atoms with van der Waals surface area (Å²) in [5.74, 6) is 1.70. The Hall–Kier alpha value is -3.65. The molecule has 0 N–H and O–H groups in total. The molecule has 33 heavy (non-hydrogen) atoms. The fraction of sp³-hybridized carbons (Fsp3) is 0.194. The standard InChI is InChI=1S/C31H32NO/c1-21-7-12-26(17-23(21)3)28-19-30(16-11-25-9-14-29(15-10-25)32(5)6)33-31(20-28)27-13-8-22(2)24(4)18-27/h7-20H,1-6H3/q+1/b30-16+. The van der Waals surface area contributed by atoms with Crippen LogP contribution in [0.5, 0.6) is 0 Å². The van der Waals surface area contributed by atoms with Gasteiger partial charge < -0.3 is 4.74 Å². The third kappa shape index (κ3) is 5.23. The molecule has 0 saturated heterocycles. The molecular weight excluding hydrogens is 402 g/mol. The quantitative estimate of drug-likeness (QED) is 0.473. The van der Waals surface area contributed by atoms with Gasteiger partial charge in [-0.15, -0.1) is 0 Å². The fourth-order valence-electron chi connectivity index (χ4n) is 3.79.